The molecule has 0 aromatic heterocycles. The monoisotopic (exact) mass is 369 g/mol. The highest BCUT2D eigenvalue weighted by molar-refractivity contribution is 7.89. The van der Waals surface area contributed by atoms with Gasteiger partial charge in [0.1, 0.15) is 5.75 Å². The molecule has 2 aromatic rings. The average molecular weight is 369 g/mol. The first-order valence-electron chi connectivity index (χ1n) is 7.35. The third-order valence-corrected chi connectivity index (χ3v) is 5.03. The van der Waals surface area contributed by atoms with Crippen LogP contribution in [0, 0.1) is 0 Å². The van der Waals surface area contributed by atoms with Gasteiger partial charge in [-0.2, -0.15) is 13.2 Å². The van der Waals surface area contributed by atoms with Crippen molar-refractivity contribution in [1.82, 2.24) is 4.72 Å². The molecule has 4 nitrogen and oxygen atoms in total. The second kappa shape index (κ2) is 6.53. The van der Waals surface area contributed by atoms with Gasteiger partial charge in [0.15, 0.2) is 0 Å². The van der Waals surface area contributed by atoms with Gasteiger partial charge in [0.2, 0.25) is 16.1 Å². The molecule has 0 radical (unpaired) electrons. The zero-order valence-corrected chi connectivity index (χ0v) is 13.6. The van der Waals surface area contributed by atoms with Crippen LogP contribution >= 0.6 is 0 Å². The lowest BCUT2D eigenvalue weighted by Gasteiger charge is -2.23. The first-order chi connectivity index (χ1) is 11.8. The average Bonchev–Trinajstić information content (AvgIpc) is 2.59. The zero-order chi connectivity index (χ0) is 18.1. The van der Waals surface area contributed by atoms with Gasteiger partial charge in [0, 0.05) is 12.1 Å². The van der Waals surface area contributed by atoms with Gasteiger partial charge in [-0.05, 0) is 29.8 Å². The van der Waals surface area contributed by atoms with Gasteiger partial charge >= 0.3 is 6.18 Å². The van der Waals surface area contributed by atoms with Gasteiger partial charge < -0.3 is 4.74 Å². The second-order valence-electron chi connectivity index (χ2n) is 5.45. The Morgan fingerprint density at radius 2 is 1.80 bits per heavy atom. The Kier molecular flexibility index (Phi) is 4.57. The smallest absolute Gasteiger partial charge is 0.429 e. The molecule has 25 heavy (non-hydrogen) atoms. The normalized spacial score (nSPS) is 17.0. The molecule has 1 aliphatic heterocycles. The maximum Gasteiger partial charge on any atom is 0.429 e. The van der Waals surface area contributed by atoms with E-state index in [9.17, 15) is 21.6 Å². The van der Waals surface area contributed by atoms with E-state index >= 15 is 0 Å². The quantitative estimate of drug-likeness (QED) is 0.898. The summed E-state index contributed by atoms with van der Waals surface area (Å²) in [4.78, 5) is -0.0408. The number of nitrogens with one attached hydrogen (secondary N) is 1. The Bertz CT molecular complexity index is 893. The molecule has 1 N–H and O–H groups in total. The van der Waals surface area contributed by atoms with Crippen LogP contribution in [0.1, 0.15) is 11.1 Å². The molecular weight excluding hydrogens is 355 g/mol. The maximum absolute atomic E-state index is 12.7. The lowest BCUT2D eigenvalue weighted by Crippen LogP contribution is -2.34. The number of ether oxygens (including phenoxy) is 1. The van der Waals surface area contributed by atoms with Crippen LogP contribution < -0.4 is 9.46 Å². The SMILES string of the molecule is O=S(=O)(NCc1ccccc1)c1ccc2c(c1)C=C[C@@H](C(F)(F)F)O2. The Hall–Kier alpha value is -2.32. The van der Waals surface area contributed by atoms with Crippen LogP contribution in [0.4, 0.5) is 13.2 Å². The van der Waals surface area contributed by atoms with E-state index in [2.05, 4.69) is 4.72 Å². The van der Waals surface area contributed by atoms with E-state index in [0.717, 1.165) is 11.6 Å². The predicted octanol–water partition coefficient (Wildman–Crippen LogP) is 3.50. The lowest BCUT2D eigenvalue weighted by molar-refractivity contribution is -0.180. The molecule has 0 saturated carbocycles. The molecule has 1 atom stereocenters. The third-order valence-electron chi connectivity index (χ3n) is 3.63. The second-order valence-corrected chi connectivity index (χ2v) is 7.22. The van der Waals surface area contributed by atoms with Crippen LogP contribution in [0.25, 0.3) is 6.08 Å². The van der Waals surface area contributed by atoms with Gasteiger partial charge in [-0.25, -0.2) is 13.1 Å². The Balaban J connectivity index is 1.78. The van der Waals surface area contributed by atoms with Crippen LogP contribution in [-0.2, 0) is 16.6 Å². The van der Waals surface area contributed by atoms with Crippen molar-refractivity contribution in [2.24, 2.45) is 0 Å². The Morgan fingerprint density at radius 3 is 2.48 bits per heavy atom. The van der Waals surface area contributed by atoms with Crippen molar-refractivity contribution in [3.05, 3.63) is 65.7 Å². The fourth-order valence-electron chi connectivity index (χ4n) is 2.33. The van der Waals surface area contributed by atoms with Crippen molar-refractivity contribution in [2.45, 2.75) is 23.7 Å². The van der Waals surface area contributed by atoms with Crippen molar-refractivity contribution in [3.63, 3.8) is 0 Å². The molecule has 0 fully saturated rings. The zero-order valence-electron chi connectivity index (χ0n) is 12.8. The first kappa shape index (κ1) is 17.5. The van der Waals surface area contributed by atoms with Crippen LogP contribution in [0.2, 0.25) is 0 Å². The highest BCUT2D eigenvalue weighted by Gasteiger charge is 2.41. The van der Waals surface area contributed by atoms with Crippen molar-refractivity contribution < 1.29 is 26.3 Å². The molecular formula is C17H14F3NO3S. The van der Waals surface area contributed by atoms with Crippen LogP contribution in [0.3, 0.4) is 0 Å². The van der Waals surface area contributed by atoms with E-state index in [1.54, 1.807) is 24.3 Å². The predicted molar refractivity (Wildman–Crippen MR) is 86.4 cm³/mol. The molecule has 132 valence electrons. The molecule has 2 aromatic carbocycles. The number of halogens is 3. The molecule has 0 saturated heterocycles. The largest absolute Gasteiger partial charge is 0.476 e. The summed E-state index contributed by atoms with van der Waals surface area (Å²) in [6, 6.07) is 12.7. The Labute approximate surface area is 143 Å². The summed E-state index contributed by atoms with van der Waals surface area (Å²) in [7, 11) is -3.80. The third kappa shape index (κ3) is 4.02. The molecule has 1 heterocycles. The summed E-state index contributed by atoms with van der Waals surface area (Å²) in [5, 5.41) is 0. The van der Waals surface area contributed by atoms with Gasteiger partial charge in [0.25, 0.3) is 0 Å². The summed E-state index contributed by atoms with van der Waals surface area (Å²) in [5.74, 6) is -0.00756. The molecule has 8 heteroatoms. The summed E-state index contributed by atoms with van der Waals surface area (Å²) in [6.45, 7) is 0.114. The number of sulfonamides is 1. The van der Waals surface area contributed by atoms with Crippen molar-refractivity contribution in [1.29, 1.82) is 0 Å². The lowest BCUT2D eigenvalue weighted by atomic mass is 10.1. The number of hydrogen-bond acceptors (Lipinski definition) is 3. The summed E-state index contributed by atoms with van der Waals surface area (Å²) in [6.07, 6.45) is -4.47. The minimum Gasteiger partial charge on any atom is -0.476 e. The van der Waals surface area contributed by atoms with E-state index in [0.29, 0.717) is 0 Å². The fraction of sp³-hybridized carbons (Fsp3) is 0.176. The highest BCUT2D eigenvalue weighted by Crippen LogP contribution is 2.34. The van der Waals surface area contributed by atoms with Crippen LogP contribution in [-0.4, -0.2) is 20.7 Å². The summed E-state index contributed by atoms with van der Waals surface area (Å²) >= 11 is 0. The van der Waals surface area contributed by atoms with Crippen LogP contribution in [0.15, 0.2) is 59.5 Å². The standard InChI is InChI=1S/C17H14F3NO3S/c18-17(19,20)16-9-6-13-10-14(7-8-15(13)24-16)25(22,23)21-11-12-4-2-1-3-5-12/h1-10,16,21H,11H2/t16-/m0/s1. The van der Waals surface area contributed by atoms with E-state index in [4.69, 9.17) is 4.74 Å². The molecule has 0 bridgehead atoms. The van der Waals surface area contributed by atoms with E-state index < -0.39 is 22.3 Å². The number of alkyl halides is 3. The highest BCUT2D eigenvalue weighted by atomic mass is 32.2. The fourth-order valence-corrected chi connectivity index (χ4v) is 3.38. The van der Waals surface area contributed by atoms with Gasteiger partial charge in [-0.3, -0.25) is 0 Å². The van der Waals surface area contributed by atoms with Gasteiger partial charge in [-0.15, -0.1) is 0 Å². The topological polar surface area (TPSA) is 55.4 Å². The van der Waals surface area contributed by atoms with Crippen molar-refractivity contribution >= 4 is 16.1 Å². The first-order valence-corrected chi connectivity index (χ1v) is 8.83. The van der Waals surface area contributed by atoms with Gasteiger partial charge in [0.05, 0.1) is 4.90 Å². The minimum absolute atomic E-state index is 0.00756. The van der Waals surface area contributed by atoms with Crippen molar-refractivity contribution in [2.75, 3.05) is 0 Å². The number of hydrogen-bond donors (Lipinski definition) is 1. The van der Waals surface area contributed by atoms with E-state index in [-0.39, 0.29) is 22.8 Å². The maximum atomic E-state index is 12.7. The summed E-state index contributed by atoms with van der Waals surface area (Å²) < 4.78 is 70.1. The van der Waals surface area contributed by atoms with E-state index in [1.165, 1.54) is 24.3 Å². The molecule has 3 rings (SSSR count). The molecule has 0 spiro atoms. The van der Waals surface area contributed by atoms with Gasteiger partial charge in [-0.1, -0.05) is 36.4 Å². The minimum atomic E-state index is -4.52. The molecule has 0 amide bonds. The number of fused-ring (bicyclic) bond motifs is 1. The Morgan fingerprint density at radius 1 is 1.08 bits per heavy atom. The molecule has 0 unspecified atom stereocenters. The van der Waals surface area contributed by atoms with Crippen LogP contribution in [0.5, 0.6) is 5.75 Å². The summed E-state index contributed by atoms with van der Waals surface area (Å²) in [5.41, 5.74) is 1.07. The number of benzene rings is 2. The number of rotatable bonds is 4. The molecule has 0 aliphatic carbocycles. The molecule has 1 aliphatic rings. The van der Waals surface area contributed by atoms with Crippen molar-refractivity contribution in [3.8, 4) is 5.75 Å². The van der Waals surface area contributed by atoms with E-state index in [1.807, 2.05) is 6.07 Å².